The minimum atomic E-state index is 0.563. The zero-order valence-corrected chi connectivity index (χ0v) is 13.7. The van der Waals surface area contributed by atoms with E-state index in [9.17, 15) is 0 Å². The minimum Gasteiger partial charge on any atom is -0.497 e. The Kier molecular flexibility index (Phi) is 9.56. The number of ether oxygens (including phenoxy) is 2. The Bertz CT molecular complexity index is 443. The molecule has 0 saturated carbocycles. The van der Waals surface area contributed by atoms with Crippen LogP contribution >= 0.6 is 12.6 Å². The molecule has 4 heteroatoms. The molecule has 0 aliphatic heterocycles. The highest BCUT2D eigenvalue weighted by Gasteiger charge is 2.02. The van der Waals surface area contributed by atoms with Gasteiger partial charge >= 0.3 is 0 Å². The van der Waals surface area contributed by atoms with Crippen molar-refractivity contribution in [3.05, 3.63) is 23.8 Å². The molecule has 0 atom stereocenters. The van der Waals surface area contributed by atoms with Crippen molar-refractivity contribution in [1.29, 1.82) is 5.26 Å². The van der Waals surface area contributed by atoms with E-state index in [0.29, 0.717) is 23.7 Å². The summed E-state index contributed by atoms with van der Waals surface area (Å²) in [6.07, 6.45) is 8.62. The number of methoxy groups -OCH3 is 1. The molecule has 1 aromatic rings. The van der Waals surface area contributed by atoms with Crippen LogP contribution in [0.1, 0.15) is 50.5 Å². The lowest BCUT2D eigenvalue weighted by atomic mass is 10.1. The SMILES string of the molecule is COc1cc(C#N)cc(OCCCCCCCCCS)c1. The number of hydrogen-bond donors (Lipinski definition) is 1. The molecule has 1 aromatic carbocycles. The largest absolute Gasteiger partial charge is 0.497 e. The van der Waals surface area contributed by atoms with Gasteiger partial charge in [-0.05, 0) is 30.7 Å². The standard InChI is InChI=1S/C17H25NO2S/c1-19-16-11-15(14-18)12-17(13-16)20-9-7-5-3-2-4-6-8-10-21/h11-13,21H,2-10H2,1H3. The average molecular weight is 307 g/mol. The van der Waals surface area contributed by atoms with Gasteiger partial charge in [-0.25, -0.2) is 0 Å². The Morgan fingerprint density at radius 2 is 1.57 bits per heavy atom. The van der Waals surface area contributed by atoms with E-state index in [1.54, 1.807) is 19.2 Å². The molecule has 116 valence electrons. The second-order valence-corrected chi connectivity index (χ2v) is 5.50. The van der Waals surface area contributed by atoms with Gasteiger partial charge in [0.05, 0.1) is 25.3 Å². The summed E-state index contributed by atoms with van der Waals surface area (Å²) >= 11 is 4.21. The third-order valence-corrected chi connectivity index (χ3v) is 3.63. The molecule has 0 bridgehead atoms. The molecule has 0 amide bonds. The highest BCUT2D eigenvalue weighted by Crippen LogP contribution is 2.22. The molecule has 0 fully saturated rings. The Hall–Kier alpha value is -1.34. The van der Waals surface area contributed by atoms with Gasteiger partial charge in [-0.3, -0.25) is 0 Å². The lowest BCUT2D eigenvalue weighted by molar-refractivity contribution is 0.302. The second kappa shape index (κ2) is 11.3. The van der Waals surface area contributed by atoms with Gasteiger partial charge in [0.25, 0.3) is 0 Å². The molecule has 0 heterocycles. The van der Waals surface area contributed by atoms with E-state index in [4.69, 9.17) is 14.7 Å². The molecule has 0 spiro atoms. The van der Waals surface area contributed by atoms with Crippen molar-refractivity contribution in [2.45, 2.75) is 44.9 Å². The summed E-state index contributed by atoms with van der Waals surface area (Å²) in [6.45, 7) is 0.689. The van der Waals surface area contributed by atoms with Crippen LogP contribution in [0, 0.1) is 11.3 Å². The second-order valence-electron chi connectivity index (χ2n) is 5.06. The van der Waals surface area contributed by atoms with E-state index in [0.717, 1.165) is 12.2 Å². The minimum absolute atomic E-state index is 0.563. The third-order valence-electron chi connectivity index (χ3n) is 3.32. The molecular formula is C17H25NO2S. The van der Waals surface area contributed by atoms with Gasteiger partial charge in [-0.2, -0.15) is 17.9 Å². The fraction of sp³-hybridized carbons (Fsp3) is 0.588. The summed E-state index contributed by atoms with van der Waals surface area (Å²) in [5, 5.41) is 8.95. The molecular weight excluding hydrogens is 282 g/mol. The zero-order valence-electron chi connectivity index (χ0n) is 12.8. The molecule has 21 heavy (non-hydrogen) atoms. The Balaban J connectivity index is 2.17. The quantitative estimate of drug-likeness (QED) is 0.479. The van der Waals surface area contributed by atoms with Crippen molar-refractivity contribution in [1.82, 2.24) is 0 Å². The van der Waals surface area contributed by atoms with Crippen LogP contribution in [0.25, 0.3) is 0 Å². The number of benzene rings is 1. The summed E-state index contributed by atoms with van der Waals surface area (Å²) < 4.78 is 10.8. The van der Waals surface area contributed by atoms with Crippen LogP contribution in [-0.4, -0.2) is 19.5 Å². The van der Waals surface area contributed by atoms with Gasteiger partial charge < -0.3 is 9.47 Å². The van der Waals surface area contributed by atoms with Crippen molar-refractivity contribution in [2.24, 2.45) is 0 Å². The summed E-state index contributed by atoms with van der Waals surface area (Å²) in [5.41, 5.74) is 0.563. The highest BCUT2D eigenvalue weighted by molar-refractivity contribution is 7.80. The maximum atomic E-state index is 8.95. The van der Waals surface area contributed by atoms with Crippen molar-refractivity contribution < 1.29 is 9.47 Å². The van der Waals surface area contributed by atoms with Gasteiger partial charge in [0.2, 0.25) is 0 Å². The highest BCUT2D eigenvalue weighted by atomic mass is 32.1. The first-order valence-corrected chi connectivity index (χ1v) is 8.26. The van der Waals surface area contributed by atoms with Crippen molar-refractivity contribution in [3.63, 3.8) is 0 Å². The molecule has 0 unspecified atom stereocenters. The lowest BCUT2D eigenvalue weighted by Gasteiger charge is -2.08. The van der Waals surface area contributed by atoms with Gasteiger partial charge in [-0.1, -0.05) is 32.1 Å². The molecule has 0 aromatic heterocycles. The first-order valence-electron chi connectivity index (χ1n) is 7.63. The number of hydrogen-bond acceptors (Lipinski definition) is 4. The van der Waals surface area contributed by atoms with E-state index >= 15 is 0 Å². The van der Waals surface area contributed by atoms with Crippen LogP contribution in [-0.2, 0) is 0 Å². The first-order chi connectivity index (χ1) is 10.3. The third kappa shape index (κ3) is 7.87. The van der Waals surface area contributed by atoms with Crippen LogP contribution in [0.2, 0.25) is 0 Å². The van der Waals surface area contributed by atoms with E-state index in [1.807, 2.05) is 6.07 Å². The number of nitrogens with zero attached hydrogens (tertiary/aromatic N) is 1. The first kappa shape index (κ1) is 17.7. The van der Waals surface area contributed by atoms with Crippen molar-refractivity contribution in [3.8, 4) is 17.6 Å². The van der Waals surface area contributed by atoms with Crippen LogP contribution in [0.4, 0.5) is 0 Å². The summed E-state index contributed by atoms with van der Waals surface area (Å²) in [4.78, 5) is 0. The van der Waals surface area contributed by atoms with E-state index in [1.165, 1.54) is 38.5 Å². The summed E-state index contributed by atoms with van der Waals surface area (Å²) in [5.74, 6) is 2.37. The zero-order chi connectivity index (χ0) is 15.3. The van der Waals surface area contributed by atoms with Crippen LogP contribution in [0.15, 0.2) is 18.2 Å². The molecule has 0 N–H and O–H groups in total. The molecule has 1 rings (SSSR count). The van der Waals surface area contributed by atoms with Gasteiger partial charge in [0, 0.05) is 6.07 Å². The number of nitriles is 1. The van der Waals surface area contributed by atoms with Crippen molar-refractivity contribution in [2.75, 3.05) is 19.5 Å². The molecule has 0 saturated heterocycles. The van der Waals surface area contributed by atoms with Gasteiger partial charge in [-0.15, -0.1) is 0 Å². The predicted molar refractivity (Wildman–Crippen MR) is 89.4 cm³/mol. The number of unbranched alkanes of at least 4 members (excludes halogenated alkanes) is 6. The fourth-order valence-corrected chi connectivity index (χ4v) is 2.35. The predicted octanol–water partition coefficient (Wildman–Crippen LogP) is 4.61. The number of rotatable bonds is 11. The Labute approximate surface area is 133 Å². The monoisotopic (exact) mass is 307 g/mol. The smallest absolute Gasteiger partial charge is 0.124 e. The average Bonchev–Trinajstić information content (AvgIpc) is 2.52. The van der Waals surface area contributed by atoms with Crippen molar-refractivity contribution >= 4 is 12.6 Å². The van der Waals surface area contributed by atoms with Gasteiger partial charge in [0.1, 0.15) is 11.5 Å². The Morgan fingerprint density at radius 3 is 2.19 bits per heavy atom. The molecule has 0 aliphatic rings. The van der Waals surface area contributed by atoms with Crippen LogP contribution < -0.4 is 9.47 Å². The molecule has 0 aliphatic carbocycles. The van der Waals surface area contributed by atoms with E-state index < -0.39 is 0 Å². The van der Waals surface area contributed by atoms with Crippen LogP contribution in [0.3, 0.4) is 0 Å². The molecule has 3 nitrogen and oxygen atoms in total. The molecule has 0 radical (unpaired) electrons. The summed E-state index contributed by atoms with van der Waals surface area (Å²) in [6, 6.07) is 7.39. The van der Waals surface area contributed by atoms with E-state index in [2.05, 4.69) is 18.7 Å². The maximum absolute atomic E-state index is 8.95. The lowest BCUT2D eigenvalue weighted by Crippen LogP contribution is -1.98. The topological polar surface area (TPSA) is 42.2 Å². The fourth-order valence-electron chi connectivity index (χ4n) is 2.13. The number of thiol groups is 1. The maximum Gasteiger partial charge on any atom is 0.124 e. The van der Waals surface area contributed by atoms with Gasteiger partial charge in [0.15, 0.2) is 0 Å². The van der Waals surface area contributed by atoms with Crippen LogP contribution in [0.5, 0.6) is 11.5 Å². The normalized spacial score (nSPS) is 10.1. The van der Waals surface area contributed by atoms with E-state index in [-0.39, 0.29) is 0 Å². The Morgan fingerprint density at radius 1 is 0.952 bits per heavy atom. The summed E-state index contributed by atoms with van der Waals surface area (Å²) in [7, 11) is 1.59.